The number of hydrogen-bond donors (Lipinski definition) is 1. The summed E-state index contributed by atoms with van der Waals surface area (Å²) in [6.07, 6.45) is 11.7. The third kappa shape index (κ3) is 3.55. The summed E-state index contributed by atoms with van der Waals surface area (Å²) in [7, 11) is 0. The van der Waals surface area contributed by atoms with Gasteiger partial charge >= 0.3 is 0 Å². The average molecular weight is 280 g/mol. The van der Waals surface area contributed by atoms with Crippen molar-refractivity contribution in [1.82, 2.24) is 9.80 Å². The van der Waals surface area contributed by atoms with E-state index in [2.05, 4.69) is 9.80 Å². The summed E-state index contributed by atoms with van der Waals surface area (Å²) in [5, 5.41) is 10.3. The summed E-state index contributed by atoms with van der Waals surface area (Å²) < 4.78 is 0. The first-order chi connectivity index (χ1) is 9.84. The fraction of sp³-hybridized carbons (Fsp3) is 1.00. The Morgan fingerprint density at radius 3 is 2.35 bits per heavy atom. The number of aliphatic hydroxyl groups excluding tert-OH is 1. The molecule has 2 aliphatic heterocycles. The van der Waals surface area contributed by atoms with Gasteiger partial charge in [-0.2, -0.15) is 0 Å². The lowest BCUT2D eigenvalue weighted by Gasteiger charge is -2.38. The van der Waals surface area contributed by atoms with E-state index in [-0.39, 0.29) is 6.10 Å². The molecular weight excluding hydrogens is 248 g/mol. The molecule has 2 saturated heterocycles. The first-order valence-electron chi connectivity index (χ1n) is 8.99. The van der Waals surface area contributed by atoms with Gasteiger partial charge in [-0.05, 0) is 58.2 Å². The van der Waals surface area contributed by atoms with Crippen LogP contribution < -0.4 is 0 Å². The molecule has 0 aromatic rings. The number of hydrogen-bond acceptors (Lipinski definition) is 3. The number of aliphatic hydroxyl groups is 1. The van der Waals surface area contributed by atoms with E-state index in [4.69, 9.17) is 0 Å². The van der Waals surface area contributed by atoms with Gasteiger partial charge < -0.3 is 10.0 Å². The molecule has 0 amide bonds. The normalized spacial score (nSPS) is 37.4. The zero-order valence-corrected chi connectivity index (χ0v) is 13.0. The van der Waals surface area contributed by atoms with Crippen LogP contribution in [0.25, 0.3) is 0 Å². The Bertz CT molecular complexity index is 291. The maximum atomic E-state index is 10.3. The van der Waals surface area contributed by atoms with Crippen LogP contribution >= 0.6 is 0 Å². The van der Waals surface area contributed by atoms with Gasteiger partial charge in [-0.1, -0.05) is 19.3 Å². The van der Waals surface area contributed by atoms with Crippen molar-refractivity contribution >= 4 is 0 Å². The van der Waals surface area contributed by atoms with Crippen molar-refractivity contribution in [3.63, 3.8) is 0 Å². The first kappa shape index (κ1) is 14.8. The van der Waals surface area contributed by atoms with Gasteiger partial charge in [-0.3, -0.25) is 4.90 Å². The molecule has 1 N–H and O–H groups in total. The molecule has 0 spiro atoms. The number of nitrogens with zero attached hydrogens (tertiary/aromatic N) is 2. The highest BCUT2D eigenvalue weighted by Crippen LogP contribution is 2.34. The van der Waals surface area contributed by atoms with E-state index in [0.717, 1.165) is 6.42 Å². The molecule has 3 nitrogen and oxygen atoms in total. The van der Waals surface area contributed by atoms with Crippen LogP contribution in [0.4, 0.5) is 0 Å². The highest BCUT2D eigenvalue weighted by molar-refractivity contribution is 4.90. The molecule has 20 heavy (non-hydrogen) atoms. The molecule has 3 rings (SSSR count). The molecule has 3 atom stereocenters. The van der Waals surface area contributed by atoms with E-state index in [9.17, 15) is 5.11 Å². The third-order valence-corrected chi connectivity index (χ3v) is 5.84. The molecule has 3 aliphatic rings. The molecule has 2 heterocycles. The molecule has 0 aromatic carbocycles. The van der Waals surface area contributed by atoms with Crippen molar-refractivity contribution in [3.05, 3.63) is 0 Å². The Hall–Kier alpha value is -0.120. The van der Waals surface area contributed by atoms with Crippen LogP contribution in [0.15, 0.2) is 0 Å². The molecule has 0 radical (unpaired) electrons. The van der Waals surface area contributed by atoms with Gasteiger partial charge in [-0.15, -0.1) is 0 Å². The number of piperidine rings is 1. The topological polar surface area (TPSA) is 26.7 Å². The van der Waals surface area contributed by atoms with Crippen LogP contribution in [0, 0.1) is 5.92 Å². The van der Waals surface area contributed by atoms with Gasteiger partial charge in [0, 0.05) is 25.0 Å². The molecule has 1 saturated carbocycles. The zero-order chi connectivity index (χ0) is 13.8. The van der Waals surface area contributed by atoms with Gasteiger partial charge in [-0.25, -0.2) is 0 Å². The smallest absolute Gasteiger partial charge is 0.0583 e. The maximum absolute atomic E-state index is 10.3. The fourth-order valence-corrected chi connectivity index (χ4v) is 4.66. The minimum atomic E-state index is -0.0238. The molecule has 1 aliphatic carbocycles. The fourth-order valence-electron chi connectivity index (χ4n) is 4.66. The maximum Gasteiger partial charge on any atom is 0.0583 e. The molecule has 0 aromatic heterocycles. The summed E-state index contributed by atoms with van der Waals surface area (Å²) in [5.41, 5.74) is 0. The van der Waals surface area contributed by atoms with Crippen LogP contribution in [0.1, 0.15) is 57.8 Å². The molecule has 3 heteroatoms. The third-order valence-electron chi connectivity index (χ3n) is 5.84. The van der Waals surface area contributed by atoms with Crippen molar-refractivity contribution in [2.24, 2.45) is 5.92 Å². The summed E-state index contributed by atoms with van der Waals surface area (Å²) in [6, 6.07) is 0.676. The summed E-state index contributed by atoms with van der Waals surface area (Å²) in [5.74, 6) is 0.563. The monoisotopic (exact) mass is 280 g/mol. The second-order valence-electron chi connectivity index (χ2n) is 7.16. The first-order valence-corrected chi connectivity index (χ1v) is 8.99. The second kappa shape index (κ2) is 7.24. The summed E-state index contributed by atoms with van der Waals surface area (Å²) in [4.78, 5) is 5.35. The Morgan fingerprint density at radius 2 is 1.55 bits per heavy atom. The van der Waals surface area contributed by atoms with Crippen molar-refractivity contribution in [2.45, 2.75) is 69.9 Å². The highest BCUT2D eigenvalue weighted by atomic mass is 16.3. The Balaban J connectivity index is 1.49. The number of rotatable bonds is 4. The molecular formula is C17H32N2O. The predicted octanol–water partition coefficient (Wildman–Crippen LogP) is 2.49. The SMILES string of the molecule is OC1CCCCC1C1CCCN1CCN1CCCCC1. The van der Waals surface area contributed by atoms with Gasteiger partial charge in [0.05, 0.1) is 6.10 Å². The van der Waals surface area contributed by atoms with Crippen LogP contribution in [-0.4, -0.2) is 59.8 Å². The standard InChI is InChI=1S/C17H32N2O/c20-17-9-3-2-7-15(17)16-8-6-12-19(16)14-13-18-10-4-1-5-11-18/h15-17,20H,1-14H2. The summed E-state index contributed by atoms with van der Waals surface area (Å²) >= 11 is 0. The average Bonchev–Trinajstić information content (AvgIpc) is 2.95. The Morgan fingerprint density at radius 1 is 0.750 bits per heavy atom. The molecule has 0 bridgehead atoms. The van der Waals surface area contributed by atoms with Crippen LogP contribution in [0.3, 0.4) is 0 Å². The lowest BCUT2D eigenvalue weighted by molar-refractivity contribution is 0.0195. The van der Waals surface area contributed by atoms with Crippen molar-refractivity contribution < 1.29 is 5.11 Å². The van der Waals surface area contributed by atoms with Gasteiger partial charge in [0.2, 0.25) is 0 Å². The number of likely N-dealkylation sites (tertiary alicyclic amines) is 2. The molecule has 3 fully saturated rings. The van der Waals surface area contributed by atoms with Crippen molar-refractivity contribution in [2.75, 3.05) is 32.7 Å². The zero-order valence-electron chi connectivity index (χ0n) is 13.0. The molecule has 116 valence electrons. The van der Waals surface area contributed by atoms with Crippen molar-refractivity contribution in [1.29, 1.82) is 0 Å². The van der Waals surface area contributed by atoms with Crippen LogP contribution in [0.2, 0.25) is 0 Å². The Kier molecular flexibility index (Phi) is 5.36. The van der Waals surface area contributed by atoms with E-state index in [1.807, 2.05) is 0 Å². The quantitative estimate of drug-likeness (QED) is 0.857. The minimum absolute atomic E-state index is 0.0238. The van der Waals surface area contributed by atoms with Gasteiger partial charge in [0.25, 0.3) is 0 Å². The van der Waals surface area contributed by atoms with Crippen LogP contribution in [-0.2, 0) is 0 Å². The van der Waals surface area contributed by atoms with E-state index < -0.39 is 0 Å². The van der Waals surface area contributed by atoms with Crippen LogP contribution in [0.5, 0.6) is 0 Å². The van der Waals surface area contributed by atoms with Gasteiger partial charge in [0.15, 0.2) is 0 Å². The van der Waals surface area contributed by atoms with E-state index >= 15 is 0 Å². The Labute approximate surface area is 124 Å². The summed E-state index contributed by atoms with van der Waals surface area (Å²) in [6.45, 7) is 6.37. The minimum Gasteiger partial charge on any atom is -0.393 e. The second-order valence-corrected chi connectivity index (χ2v) is 7.16. The van der Waals surface area contributed by atoms with E-state index in [0.29, 0.717) is 12.0 Å². The largest absolute Gasteiger partial charge is 0.393 e. The highest BCUT2D eigenvalue weighted by Gasteiger charge is 2.36. The lowest BCUT2D eigenvalue weighted by Crippen LogP contribution is -2.45. The van der Waals surface area contributed by atoms with E-state index in [1.54, 1.807) is 0 Å². The van der Waals surface area contributed by atoms with Gasteiger partial charge in [0.1, 0.15) is 0 Å². The van der Waals surface area contributed by atoms with E-state index in [1.165, 1.54) is 84.1 Å². The predicted molar refractivity (Wildman–Crippen MR) is 82.9 cm³/mol. The van der Waals surface area contributed by atoms with Crippen molar-refractivity contribution in [3.8, 4) is 0 Å². The lowest BCUT2D eigenvalue weighted by atomic mass is 9.80. The molecule has 3 unspecified atom stereocenters.